The maximum absolute atomic E-state index is 12.1. The van der Waals surface area contributed by atoms with E-state index in [2.05, 4.69) is 12.1 Å². The fourth-order valence-electron chi connectivity index (χ4n) is 2.98. The van der Waals surface area contributed by atoms with E-state index in [1.807, 2.05) is 52.0 Å². The van der Waals surface area contributed by atoms with Crippen molar-refractivity contribution in [2.75, 3.05) is 0 Å². The average molecular weight is 455 g/mol. The molecule has 0 nitrogen and oxygen atoms in total. The van der Waals surface area contributed by atoms with Gasteiger partial charge in [-0.1, -0.05) is 52.5 Å². The molecule has 3 rings (SSSR count). The molecular weight excluding hydrogens is 428 g/mol. The summed E-state index contributed by atoms with van der Waals surface area (Å²) in [4.78, 5) is 0. The lowest BCUT2D eigenvalue weighted by atomic mass is 10.1. The summed E-state index contributed by atoms with van der Waals surface area (Å²) in [6.07, 6.45) is -4.23. The van der Waals surface area contributed by atoms with Crippen LogP contribution in [0.1, 0.15) is 38.9 Å². The first-order valence-corrected chi connectivity index (χ1v) is 10.1. The topological polar surface area (TPSA) is 0 Å². The number of alkyl halides is 3. The fourth-order valence-corrected chi connectivity index (χ4v) is 3.66. The van der Waals surface area contributed by atoms with Crippen LogP contribution in [0.5, 0.6) is 0 Å². The summed E-state index contributed by atoms with van der Waals surface area (Å²) in [6, 6.07) is 16.0. The number of aryl methyl sites for hydroxylation is 6. The van der Waals surface area contributed by atoms with Gasteiger partial charge >= 0.3 is 6.18 Å². The highest BCUT2D eigenvalue weighted by atomic mass is 35.5. The van der Waals surface area contributed by atoms with E-state index in [1.54, 1.807) is 19.9 Å². The summed E-state index contributed by atoms with van der Waals surface area (Å²) in [5.41, 5.74) is 5.60. The van der Waals surface area contributed by atoms with Gasteiger partial charge in [0.25, 0.3) is 0 Å². The molecule has 0 aliphatic carbocycles. The maximum Gasteiger partial charge on any atom is 0.416 e. The molecule has 0 unspecified atom stereocenters. The van der Waals surface area contributed by atoms with Crippen LogP contribution in [0.3, 0.4) is 0 Å². The Morgan fingerprint density at radius 3 is 0.900 bits per heavy atom. The Morgan fingerprint density at radius 1 is 0.467 bits per heavy atom. The molecule has 0 aromatic heterocycles. The molecule has 3 aromatic rings. The lowest BCUT2D eigenvalue weighted by molar-refractivity contribution is -0.137. The highest BCUT2D eigenvalue weighted by molar-refractivity contribution is 6.31. The Hall–Kier alpha value is -1.97. The van der Waals surface area contributed by atoms with Crippen LogP contribution in [0.25, 0.3) is 0 Å². The zero-order valence-electron chi connectivity index (χ0n) is 18.1. The predicted octanol–water partition coefficient (Wildman–Crippen LogP) is 9.24. The lowest BCUT2D eigenvalue weighted by Gasteiger charge is -2.08. The lowest BCUT2D eigenvalue weighted by Crippen LogP contribution is -2.05. The summed E-state index contributed by atoms with van der Waals surface area (Å²) in [5, 5.41) is 1.65. The second kappa shape index (κ2) is 11.4. The zero-order chi connectivity index (χ0) is 23.1. The minimum Gasteiger partial charge on any atom is -0.166 e. The quantitative estimate of drug-likeness (QED) is 0.317. The number of hydrogen-bond acceptors (Lipinski definition) is 0. The van der Waals surface area contributed by atoms with Gasteiger partial charge in [0.15, 0.2) is 0 Å². The van der Waals surface area contributed by atoms with Gasteiger partial charge in [-0.15, -0.1) is 0 Å². The summed E-state index contributed by atoms with van der Waals surface area (Å²) >= 11 is 11.5. The zero-order valence-corrected chi connectivity index (χ0v) is 19.6. The molecule has 0 N–H and O–H groups in total. The third-order valence-corrected chi connectivity index (χ3v) is 4.36. The summed E-state index contributed by atoms with van der Waals surface area (Å²) in [5.74, 6) is 0. The van der Waals surface area contributed by atoms with Gasteiger partial charge in [-0.3, -0.25) is 0 Å². The minimum atomic E-state index is -4.23. The van der Waals surface area contributed by atoms with Gasteiger partial charge < -0.3 is 0 Å². The van der Waals surface area contributed by atoms with E-state index in [1.165, 1.54) is 22.3 Å². The van der Waals surface area contributed by atoms with Crippen LogP contribution in [0, 0.1) is 41.5 Å². The summed E-state index contributed by atoms with van der Waals surface area (Å²) in [7, 11) is 0. The number of hydrogen-bond donors (Lipinski definition) is 0. The third kappa shape index (κ3) is 10.2. The Kier molecular flexibility index (Phi) is 9.93. The summed E-state index contributed by atoms with van der Waals surface area (Å²) < 4.78 is 36.4. The number of rotatable bonds is 0. The molecule has 0 amide bonds. The van der Waals surface area contributed by atoms with Gasteiger partial charge in [0.1, 0.15) is 0 Å². The molecule has 162 valence electrons. The van der Waals surface area contributed by atoms with Crippen molar-refractivity contribution >= 4 is 23.2 Å². The molecule has 0 heterocycles. The molecule has 0 radical (unpaired) electrons. The molecule has 0 atom stereocenters. The first-order chi connectivity index (χ1) is 13.8. The Labute approximate surface area is 187 Å². The molecule has 0 bridgehead atoms. The Balaban J connectivity index is 0.000000229. The molecule has 30 heavy (non-hydrogen) atoms. The standard InChI is InChI=1S/C9H9F3.2C8H9Cl/c1-6-3-7(2)5-8(4-6)9(10,11)12;2*1-6-3-7(2)5-8(9)4-6/h3-5H,1-2H3;2*3-5H,1-2H3. The van der Waals surface area contributed by atoms with Gasteiger partial charge in [0.05, 0.1) is 5.56 Å². The van der Waals surface area contributed by atoms with Crippen molar-refractivity contribution in [2.24, 2.45) is 0 Å². The van der Waals surface area contributed by atoms with Gasteiger partial charge in [0.2, 0.25) is 0 Å². The van der Waals surface area contributed by atoms with Crippen molar-refractivity contribution < 1.29 is 13.2 Å². The second-order valence-electron chi connectivity index (χ2n) is 7.49. The SMILES string of the molecule is Cc1cc(C)cc(C(F)(F)F)c1.Cc1cc(C)cc(Cl)c1.Cc1cc(C)cc(Cl)c1. The molecule has 3 aromatic carbocycles. The van der Waals surface area contributed by atoms with Crippen molar-refractivity contribution in [2.45, 2.75) is 47.7 Å². The highest BCUT2D eigenvalue weighted by Gasteiger charge is 2.30. The second-order valence-corrected chi connectivity index (χ2v) is 8.36. The highest BCUT2D eigenvalue weighted by Crippen LogP contribution is 2.30. The molecule has 0 saturated carbocycles. The van der Waals surface area contributed by atoms with E-state index >= 15 is 0 Å². The largest absolute Gasteiger partial charge is 0.416 e. The van der Waals surface area contributed by atoms with Gasteiger partial charge in [0, 0.05) is 10.0 Å². The average Bonchev–Trinajstić information content (AvgIpc) is 2.51. The van der Waals surface area contributed by atoms with Crippen LogP contribution in [-0.4, -0.2) is 0 Å². The van der Waals surface area contributed by atoms with Crippen molar-refractivity contribution in [1.82, 2.24) is 0 Å². The minimum absolute atomic E-state index is 0.569. The normalized spacial score (nSPS) is 10.5. The van der Waals surface area contributed by atoms with Crippen LogP contribution in [0.2, 0.25) is 10.0 Å². The van der Waals surface area contributed by atoms with Crippen molar-refractivity contribution in [1.29, 1.82) is 0 Å². The van der Waals surface area contributed by atoms with Gasteiger partial charge in [-0.25, -0.2) is 0 Å². The van der Waals surface area contributed by atoms with Gasteiger partial charge in [-0.05, 0) is 100 Å². The van der Waals surface area contributed by atoms with E-state index < -0.39 is 11.7 Å². The number of benzene rings is 3. The Morgan fingerprint density at radius 2 is 0.700 bits per heavy atom. The van der Waals surface area contributed by atoms with E-state index in [0.717, 1.165) is 22.2 Å². The Bertz CT molecular complexity index is 806. The van der Waals surface area contributed by atoms with Gasteiger partial charge in [-0.2, -0.15) is 13.2 Å². The number of halogens is 5. The molecule has 0 fully saturated rings. The van der Waals surface area contributed by atoms with Crippen LogP contribution < -0.4 is 0 Å². The van der Waals surface area contributed by atoms with Crippen molar-refractivity contribution in [3.05, 3.63) is 104 Å². The van der Waals surface area contributed by atoms with E-state index in [9.17, 15) is 13.2 Å². The van der Waals surface area contributed by atoms with E-state index in [4.69, 9.17) is 23.2 Å². The van der Waals surface area contributed by atoms with Crippen molar-refractivity contribution in [3.63, 3.8) is 0 Å². The predicted molar refractivity (Wildman–Crippen MR) is 123 cm³/mol. The first-order valence-electron chi connectivity index (χ1n) is 9.39. The molecule has 0 saturated heterocycles. The molecular formula is C25H27Cl2F3. The first kappa shape index (κ1) is 26.1. The molecule has 0 spiro atoms. The monoisotopic (exact) mass is 454 g/mol. The van der Waals surface area contributed by atoms with Crippen LogP contribution in [-0.2, 0) is 6.18 Å². The molecule has 5 heteroatoms. The van der Waals surface area contributed by atoms with Crippen LogP contribution in [0.15, 0.2) is 54.6 Å². The smallest absolute Gasteiger partial charge is 0.166 e. The maximum atomic E-state index is 12.1. The van der Waals surface area contributed by atoms with Crippen LogP contribution >= 0.6 is 23.2 Å². The van der Waals surface area contributed by atoms with E-state index in [0.29, 0.717) is 11.1 Å². The molecule has 0 aliphatic heterocycles. The van der Waals surface area contributed by atoms with E-state index in [-0.39, 0.29) is 0 Å². The fraction of sp³-hybridized carbons (Fsp3) is 0.280. The third-order valence-electron chi connectivity index (χ3n) is 3.92. The van der Waals surface area contributed by atoms with Crippen molar-refractivity contribution in [3.8, 4) is 0 Å². The van der Waals surface area contributed by atoms with Crippen LogP contribution in [0.4, 0.5) is 13.2 Å². The summed E-state index contributed by atoms with van der Waals surface area (Å²) in [6.45, 7) is 11.5. The molecule has 0 aliphatic rings.